The number of nitriles is 2. The normalized spacial score (nSPS) is 11.4. The lowest BCUT2D eigenvalue weighted by atomic mass is 10.2. The van der Waals surface area contributed by atoms with Gasteiger partial charge >= 0.3 is 0 Å². The Morgan fingerprint density at radius 1 is 0.457 bits per heavy atom. The van der Waals surface area contributed by atoms with Gasteiger partial charge in [0.05, 0.1) is 22.1 Å². The van der Waals surface area contributed by atoms with E-state index in [4.69, 9.17) is 4.42 Å². The molecular weight excluding hydrogens is 432 g/mol. The molecule has 0 N–H and O–H groups in total. The number of hydrogen-bond donors (Lipinski definition) is 0. The van der Waals surface area contributed by atoms with Crippen LogP contribution in [-0.4, -0.2) is 9.13 Å². The Labute approximate surface area is 199 Å². The summed E-state index contributed by atoms with van der Waals surface area (Å²) in [7, 11) is 0. The van der Waals surface area contributed by atoms with Gasteiger partial charge in [0.1, 0.15) is 23.5 Å². The third-order valence-corrected chi connectivity index (χ3v) is 6.67. The summed E-state index contributed by atoms with van der Waals surface area (Å²) in [4.78, 5) is 0. The number of rotatable bonds is 2. The minimum absolute atomic E-state index is 0.102. The van der Waals surface area contributed by atoms with Crippen LogP contribution in [0.2, 0.25) is 0 Å². The molecule has 0 aliphatic rings. The van der Waals surface area contributed by atoms with Crippen LogP contribution in [0.25, 0.3) is 55.0 Å². The van der Waals surface area contributed by atoms with Crippen molar-refractivity contribution in [3.63, 3.8) is 0 Å². The van der Waals surface area contributed by atoms with E-state index in [9.17, 15) is 10.5 Å². The van der Waals surface area contributed by atoms with Crippen LogP contribution in [0, 0.1) is 22.7 Å². The van der Waals surface area contributed by atoms with E-state index >= 15 is 0 Å². The first-order chi connectivity index (χ1) is 17.3. The van der Waals surface area contributed by atoms with E-state index in [0.29, 0.717) is 11.4 Å². The maximum atomic E-state index is 10.1. The van der Waals surface area contributed by atoms with Crippen molar-refractivity contribution in [2.24, 2.45) is 0 Å². The Morgan fingerprint density at radius 3 is 1.03 bits per heavy atom. The van der Waals surface area contributed by atoms with Gasteiger partial charge in [0.2, 0.25) is 11.5 Å². The summed E-state index contributed by atoms with van der Waals surface area (Å²) in [6.45, 7) is 0. The molecule has 3 aromatic heterocycles. The number of furan rings is 1. The monoisotopic (exact) mass is 448 g/mol. The Balaban J connectivity index is 1.74. The molecule has 0 aliphatic heterocycles. The van der Waals surface area contributed by atoms with Crippen molar-refractivity contribution >= 4 is 43.6 Å². The SMILES string of the molecule is N#Cc1oc(C#N)c(-n2c3ccccc3c3ccccc32)c1-n1c2ccccc2c2ccccc21. The molecule has 35 heavy (non-hydrogen) atoms. The molecule has 0 bridgehead atoms. The molecular formula is C30H16N4O. The van der Waals surface area contributed by atoms with Crippen LogP contribution in [0.5, 0.6) is 0 Å². The lowest BCUT2D eigenvalue weighted by Crippen LogP contribution is -2.03. The van der Waals surface area contributed by atoms with Crippen LogP contribution in [-0.2, 0) is 0 Å². The number of para-hydroxylation sites is 4. The summed E-state index contributed by atoms with van der Waals surface area (Å²) >= 11 is 0. The predicted octanol–water partition coefficient (Wildman–Crippen LogP) is 7.22. The van der Waals surface area contributed by atoms with Crippen LogP contribution in [0.3, 0.4) is 0 Å². The largest absolute Gasteiger partial charge is 0.430 e. The molecule has 0 aliphatic carbocycles. The van der Waals surface area contributed by atoms with Gasteiger partial charge in [0.25, 0.3) is 0 Å². The molecule has 0 saturated heterocycles. The topological polar surface area (TPSA) is 70.6 Å². The molecule has 0 saturated carbocycles. The highest BCUT2D eigenvalue weighted by Gasteiger charge is 2.28. The van der Waals surface area contributed by atoms with Gasteiger partial charge in [0, 0.05) is 21.5 Å². The van der Waals surface area contributed by atoms with Crippen molar-refractivity contribution in [3.05, 3.63) is 109 Å². The zero-order valence-electron chi connectivity index (χ0n) is 18.4. The fraction of sp³-hybridized carbons (Fsp3) is 0. The van der Waals surface area contributed by atoms with E-state index in [0.717, 1.165) is 43.6 Å². The van der Waals surface area contributed by atoms with Gasteiger partial charge in [-0.25, -0.2) is 0 Å². The second kappa shape index (κ2) is 7.12. The van der Waals surface area contributed by atoms with E-state index < -0.39 is 0 Å². The van der Waals surface area contributed by atoms with E-state index in [1.807, 2.05) is 81.9 Å². The maximum absolute atomic E-state index is 10.1. The molecule has 162 valence electrons. The molecule has 0 spiro atoms. The molecule has 0 fully saturated rings. The maximum Gasteiger partial charge on any atom is 0.231 e. The van der Waals surface area contributed by atoms with Crippen LogP contribution >= 0.6 is 0 Å². The molecule has 0 amide bonds. The number of benzene rings is 4. The highest BCUT2D eigenvalue weighted by molar-refractivity contribution is 6.11. The molecule has 0 unspecified atom stereocenters. The quantitative estimate of drug-likeness (QED) is 0.280. The van der Waals surface area contributed by atoms with Crippen molar-refractivity contribution in [3.8, 4) is 23.5 Å². The Hall–Kier alpha value is -5.26. The molecule has 7 rings (SSSR count). The Bertz CT molecular complexity index is 1790. The van der Waals surface area contributed by atoms with Gasteiger partial charge < -0.3 is 13.6 Å². The number of aromatic nitrogens is 2. The first kappa shape index (κ1) is 19.2. The van der Waals surface area contributed by atoms with E-state index in [1.165, 1.54) is 0 Å². The van der Waals surface area contributed by atoms with Gasteiger partial charge in [0.15, 0.2) is 0 Å². The second-order valence-corrected chi connectivity index (χ2v) is 8.42. The van der Waals surface area contributed by atoms with Gasteiger partial charge in [-0.2, -0.15) is 10.5 Å². The highest BCUT2D eigenvalue weighted by Crippen LogP contribution is 2.41. The van der Waals surface area contributed by atoms with Gasteiger partial charge in [-0.15, -0.1) is 0 Å². The minimum atomic E-state index is 0.102. The van der Waals surface area contributed by atoms with Gasteiger partial charge in [-0.3, -0.25) is 0 Å². The Morgan fingerprint density at radius 2 is 0.743 bits per heavy atom. The average Bonchev–Trinajstić information content (AvgIpc) is 3.55. The summed E-state index contributed by atoms with van der Waals surface area (Å²) in [6.07, 6.45) is 0. The van der Waals surface area contributed by atoms with Crippen LogP contribution < -0.4 is 0 Å². The second-order valence-electron chi connectivity index (χ2n) is 8.42. The summed E-state index contributed by atoms with van der Waals surface area (Å²) in [5.74, 6) is 0.204. The van der Waals surface area contributed by atoms with E-state index in [1.54, 1.807) is 0 Å². The summed E-state index contributed by atoms with van der Waals surface area (Å²) in [5.41, 5.74) is 4.89. The highest BCUT2D eigenvalue weighted by atomic mass is 16.3. The molecule has 3 heterocycles. The van der Waals surface area contributed by atoms with Crippen molar-refractivity contribution in [2.45, 2.75) is 0 Å². The van der Waals surface area contributed by atoms with E-state index in [2.05, 4.69) is 36.4 Å². The molecule has 4 aromatic carbocycles. The summed E-state index contributed by atoms with van der Waals surface area (Å²) in [6, 6.07) is 36.8. The van der Waals surface area contributed by atoms with Crippen molar-refractivity contribution in [1.29, 1.82) is 10.5 Å². The lowest BCUT2D eigenvalue weighted by Gasteiger charge is -2.12. The first-order valence-corrected chi connectivity index (χ1v) is 11.3. The fourth-order valence-corrected chi connectivity index (χ4v) is 5.31. The summed E-state index contributed by atoms with van der Waals surface area (Å²) in [5, 5.41) is 24.6. The number of nitrogens with zero attached hydrogens (tertiary/aromatic N) is 4. The molecule has 7 aromatic rings. The number of hydrogen-bond acceptors (Lipinski definition) is 3. The molecule has 0 radical (unpaired) electrons. The predicted molar refractivity (Wildman–Crippen MR) is 137 cm³/mol. The third kappa shape index (κ3) is 2.50. The van der Waals surface area contributed by atoms with Gasteiger partial charge in [-0.05, 0) is 24.3 Å². The molecule has 5 heteroatoms. The van der Waals surface area contributed by atoms with Crippen LogP contribution in [0.4, 0.5) is 0 Å². The van der Waals surface area contributed by atoms with Crippen LogP contribution in [0.15, 0.2) is 101 Å². The lowest BCUT2D eigenvalue weighted by molar-refractivity contribution is 0.537. The summed E-state index contributed by atoms with van der Waals surface area (Å²) < 4.78 is 10.0. The molecule has 5 nitrogen and oxygen atoms in total. The molecule has 0 atom stereocenters. The van der Waals surface area contributed by atoms with E-state index in [-0.39, 0.29) is 11.5 Å². The first-order valence-electron chi connectivity index (χ1n) is 11.3. The average molecular weight is 448 g/mol. The van der Waals surface area contributed by atoms with Crippen molar-refractivity contribution < 1.29 is 4.42 Å². The number of fused-ring (bicyclic) bond motifs is 6. The van der Waals surface area contributed by atoms with Gasteiger partial charge in [-0.1, -0.05) is 72.8 Å². The van der Waals surface area contributed by atoms with Crippen molar-refractivity contribution in [2.75, 3.05) is 0 Å². The standard InChI is InChI=1S/C30H16N4O/c31-17-27-29(33-23-13-5-1-9-19(23)20-10-2-6-14-24(20)33)30(28(18-32)35-27)34-25-15-7-3-11-21(25)22-12-4-8-16-26(22)34/h1-16H. The smallest absolute Gasteiger partial charge is 0.231 e. The zero-order chi connectivity index (χ0) is 23.5. The third-order valence-electron chi connectivity index (χ3n) is 6.67. The zero-order valence-corrected chi connectivity index (χ0v) is 18.4. The van der Waals surface area contributed by atoms with Crippen molar-refractivity contribution in [1.82, 2.24) is 9.13 Å². The Kier molecular flexibility index (Phi) is 3.91. The fourth-order valence-electron chi connectivity index (χ4n) is 5.31. The van der Waals surface area contributed by atoms with Crippen LogP contribution in [0.1, 0.15) is 11.5 Å². The minimum Gasteiger partial charge on any atom is -0.430 e.